The number of hydrogen-bond acceptors (Lipinski definition) is 15. The van der Waals surface area contributed by atoms with Gasteiger partial charge in [0.1, 0.15) is 38.7 Å². The minimum Gasteiger partial charge on any atom is -0.870 e. The van der Waals surface area contributed by atoms with Crippen molar-refractivity contribution in [3.63, 3.8) is 0 Å². The number of fused-ring (bicyclic) bond motifs is 2. The van der Waals surface area contributed by atoms with Gasteiger partial charge in [-0.2, -0.15) is 13.5 Å². The molecule has 0 saturated heterocycles. The number of azo groups is 2. The zero-order valence-corrected chi connectivity index (χ0v) is 49.2. The predicted molar refractivity (Wildman–Crippen MR) is 294 cm³/mol. The molecule has 23 heteroatoms. The summed E-state index contributed by atoms with van der Waals surface area (Å²) in [6.07, 6.45) is 0.641. The van der Waals surface area contributed by atoms with Gasteiger partial charge in [-0.15, -0.1) is 15.3 Å². The molecule has 0 unspecified atom stereocenters. The zero-order valence-electron chi connectivity index (χ0n) is 41.6. The van der Waals surface area contributed by atoms with Crippen LogP contribution in [0.5, 0.6) is 23.0 Å². The summed E-state index contributed by atoms with van der Waals surface area (Å²) < 4.78 is 77.8. The molecule has 8 aromatic carbocycles. The van der Waals surface area contributed by atoms with Crippen molar-refractivity contribution in [3.05, 3.63) is 166 Å². The first-order valence-corrected chi connectivity index (χ1v) is 26.8. The van der Waals surface area contributed by atoms with Crippen LogP contribution in [0.3, 0.4) is 0 Å². The number of hydrogen-bond donors (Lipinski definition) is 4. The summed E-state index contributed by atoms with van der Waals surface area (Å²) in [6.45, 7) is 8.25. The first-order chi connectivity index (χ1) is 36.2. The molecule has 0 atom stereocenters. The molecule has 18 nitrogen and oxygen atoms in total. The number of amides is 2. The largest absolute Gasteiger partial charge is 2.00 e. The number of carbonyl (C=O) groups excluding carboxylic acids is 2. The topological polar surface area (TPSA) is 281 Å². The number of nitrogens with one attached hydrogen (secondary N) is 2. The van der Waals surface area contributed by atoms with Crippen LogP contribution in [0.1, 0.15) is 59.5 Å². The van der Waals surface area contributed by atoms with E-state index in [1.807, 2.05) is 13.8 Å². The molecule has 0 spiro atoms. The van der Waals surface area contributed by atoms with Crippen molar-refractivity contribution in [1.82, 2.24) is 0 Å². The first-order valence-electron chi connectivity index (χ1n) is 23.2. The van der Waals surface area contributed by atoms with Crippen LogP contribution in [-0.4, -0.2) is 105 Å². The average Bonchev–Trinajstić information content (AvgIpc) is 3.41. The molecule has 8 rings (SSSR count). The van der Waals surface area contributed by atoms with E-state index in [4.69, 9.17) is 32.7 Å². The smallest absolute Gasteiger partial charge is 0.870 e. The van der Waals surface area contributed by atoms with Gasteiger partial charge in [0.05, 0.1) is 44.3 Å². The van der Waals surface area contributed by atoms with E-state index in [1.54, 1.807) is 117 Å². The third-order valence-electron chi connectivity index (χ3n) is 11.4. The first kappa shape index (κ1) is 59.8. The molecule has 77 heavy (non-hydrogen) atoms. The average molecular weight is 1240 g/mol. The van der Waals surface area contributed by atoms with Gasteiger partial charge in [-0.3, -0.25) is 14.1 Å². The van der Waals surface area contributed by atoms with Gasteiger partial charge in [-0.25, -0.2) is 8.42 Å². The molecule has 0 radical (unpaired) electrons. The number of nitrogens with zero attached hydrogens (tertiary/aromatic N) is 4. The zero-order chi connectivity index (χ0) is 54.9. The quantitative estimate of drug-likeness (QED) is 0.0399. The number of anilines is 2. The van der Waals surface area contributed by atoms with Gasteiger partial charge in [0, 0.05) is 27.7 Å². The van der Waals surface area contributed by atoms with Crippen molar-refractivity contribution in [2.45, 2.75) is 50.3 Å². The molecule has 0 heterocycles. The molecular formula is C54H46BaCl2N6O12S2. The number of aromatic hydroxyl groups is 1. The number of benzene rings is 8. The van der Waals surface area contributed by atoms with E-state index in [0.29, 0.717) is 81.6 Å². The Hall–Kier alpha value is -6.41. The Kier molecular flexibility index (Phi) is 20.4. The fourth-order valence-electron chi connectivity index (χ4n) is 7.68. The van der Waals surface area contributed by atoms with E-state index in [9.17, 15) is 45.7 Å². The predicted octanol–water partition coefficient (Wildman–Crippen LogP) is 12.8. The summed E-state index contributed by atoms with van der Waals surface area (Å²) in [5.41, 5.74) is 1.85. The number of phenolic OH excluding ortho intramolecular Hbond substituents is 1. The second kappa shape index (κ2) is 26.3. The third-order valence-corrected chi connectivity index (χ3v) is 13.6. The maximum absolute atomic E-state index is 13.4. The maximum atomic E-state index is 13.4. The summed E-state index contributed by atoms with van der Waals surface area (Å²) in [4.78, 5) is 25.4. The molecule has 0 fully saturated rings. The summed E-state index contributed by atoms with van der Waals surface area (Å²) in [5.74, 6) is -0.911. The van der Waals surface area contributed by atoms with Crippen LogP contribution >= 0.6 is 23.2 Å². The summed E-state index contributed by atoms with van der Waals surface area (Å²) in [5, 5.41) is 48.8. The molecule has 0 aromatic heterocycles. The summed E-state index contributed by atoms with van der Waals surface area (Å²) >= 11 is 12.5. The van der Waals surface area contributed by atoms with E-state index >= 15 is 0 Å². The third kappa shape index (κ3) is 14.6. The van der Waals surface area contributed by atoms with Crippen LogP contribution in [0.2, 0.25) is 10.0 Å². The number of phenols is 1. The Morgan fingerprint density at radius 1 is 0.571 bits per heavy atom. The van der Waals surface area contributed by atoms with E-state index in [1.165, 1.54) is 18.2 Å². The van der Waals surface area contributed by atoms with E-state index in [0.717, 1.165) is 12.1 Å². The molecule has 0 saturated carbocycles. The van der Waals surface area contributed by atoms with Gasteiger partial charge in [-0.1, -0.05) is 91.3 Å². The van der Waals surface area contributed by atoms with Crippen molar-refractivity contribution >= 4 is 160 Å². The van der Waals surface area contributed by atoms with Crippen molar-refractivity contribution in [1.29, 1.82) is 0 Å². The Balaban J connectivity index is 0.000000246. The summed E-state index contributed by atoms with van der Waals surface area (Å²) in [6, 6.07) is 35.0. The molecule has 4 N–H and O–H groups in total. The van der Waals surface area contributed by atoms with Crippen molar-refractivity contribution in [2.75, 3.05) is 23.8 Å². The Morgan fingerprint density at radius 3 is 1.43 bits per heavy atom. The van der Waals surface area contributed by atoms with Gasteiger partial charge in [0.15, 0.2) is 5.75 Å². The standard InChI is InChI=1S/2C27H24ClN3O6S.Ba/c2*1-3-16-13-20(38(34,35)36)15-23(28)24(16)30-31-25-21-8-6-5-7-17(21)14-22(26(25)32)27(33)29-18-9-11-19(12-10-18)37-4-2;/h2*5-15,32H,3-4H2,1-2H3,(H,29,33)(H,34,35,36);/q;;+2/p-2. The Labute approximate surface area is 493 Å². The number of aryl methyl sites for hydroxylation is 2. The second-order valence-electron chi connectivity index (χ2n) is 16.4. The molecule has 0 aliphatic rings. The van der Waals surface area contributed by atoms with Crippen LogP contribution in [0.4, 0.5) is 34.1 Å². The minimum absolute atomic E-state index is 0. The van der Waals surface area contributed by atoms with Crippen LogP contribution < -0.4 is 25.2 Å². The van der Waals surface area contributed by atoms with E-state index in [2.05, 4.69) is 31.1 Å². The van der Waals surface area contributed by atoms with Gasteiger partial charge >= 0.3 is 48.9 Å². The van der Waals surface area contributed by atoms with Crippen molar-refractivity contribution < 1.29 is 55.2 Å². The van der Waals surface area contributed by atoms with Gasteiger partial charge in [0.2, 0.25) is 0 Å². The van der Waals surface area contributed by atoms with Crippen LogP contribution in [-0.2, 0) is 33.1 Å². The fraction of sp³-hybridized carbons (Fsp3) is 0.148. The normalized spacial score (nSPS) is 11.5. The second-order valence-corrected chi connectivity index (χ2v) is 20.0. The molecule has 0 bridgehead atoms. The van der Waals surface area contributed by atoms with Crippen LogP contribution in [0.25, 0.3) is 21.5 Å². The van der Waals surface area contributed by atoms with Gasteiger partial charge in [-0.05, 0) is 134 Å². The minimum atomic E-state index is -4.73. The fourth-order valence-corrected chi connectivity index (χ4v) is 9.47. The molecule has 392 valence electrons. The van der Waals surface area contributed by atoms with Gasteiger partial charge < -0.3 is 34.9 Å². The molecule has 8 aromatic rings. The molecule has 0 aliphatic heterocycles. The maximum Gasteiger partial charge on any atom is 2.00 e. The number of halogens is 2. The van der Waals surface area contributed by atoms with E-state index in [-0.39, 0.29) is 103 Å². The monoisotopic (exact) mass is 1240 g/mol. The SMILES string of the molecule is CCOc1ccc(NC(=O)c2cc3ccccc3c(N=Nc3c(Cl)cc(S(=O)(=O)O)cc3CC)c2O)cc1.CCOc1ccc(NC(=O)c2cc3ccccc3c(N=Nc3c(Cl)cc(S(=O)(=O)[O-])cc3CC)c2[O-])cc1.[Ba+2]. The van der Waals surface area contributed by atoms with Crippen molar-refractivity contribution in [2.24, 2.45) is 20.5 Å². The molecule has 0 aliphatic carbocycles. The van der Waals surface area contributed by atoms with E-state index < -0.39 is 42.7 Å². The number of rotatable bonds is 16. The van der Waals surface area contributed by atoms with Crippen LogP contribution in [0, 0.1) is 0 Å². The summed E-state index contributed by atoms with van der Waals surface area (Å²) in [7, 11) is -9.20. The van der Waals surface area contributed by atoms with Crippen LogP contribution in [0.15, 0.2) is 164 Å². The molecule has 2 amide bonds. The number of carbonyl (C=O) groups is 2. The Morgan fingerprint density at radius 2 is 0.974 bits per heavy atom. The van der Waals surface area contributed by atoms with Crippen molar-refractivity contribution in [3.8, 4) is 23.0 Å². The number of ether oxygens (including phenoxy) is 2. The van der Waals surface area contributed by atoms with Gasteiger partial charge in [0.25, 0.3) is 21.9 Å². The Bertz CT molecular complexity index is 3560. The molecular weight excluding hydrogens is 1200 g/mol.